The van der Waals surface area contributed by atoms with E-state index in [1.54, 1.807) is 32.3 Å². The fourth-order valence-electron chi connectivity index (χ4n) is 14.7. The van der Waals surface area contributed by atoms with Crippen LogP contribution < -0.4 is 10.6 Å². The lowest BCUT2D eigenvalue weighted by molar-refractivity contribution is -0.235. The first-order valence-electron chi connectivity index (χ1n) is 22.5. The Morgan fingerprint density at radius 2 is 1.62 bits per heavy atom. The largest absolute Gasteiger partial charge is 0.481 e. The molecule has 2 aromatic heterocycles. The summed E-state index contributed by atoms with van der Waals surface area (Å²) in [6.07, 6.45) is 12.3. The van der Waals surface area contributed by atoms with Gasteiger partial charge in [0.2, 0.25) is 5.91 Å². The molecule has 0 aliphatic heterocycles. The van der Waals surface area contributed by atoms with Crippen LogP contribution >= 0.6 is 0 Å². The van der Waals surface area contributed by atoms with Gasteiger partial charge in [0.25, 0.3) is 5.91 Å². The minimum atomic E-state index is -1.30. The molecule has 0 bridgehead atoms. The fraction of sp³-hybridized carbons (Fsp3) is 0.729. The summed E-state index contributed by atoms with van der Waals surface area (Å²) in [5.74, 6) is -1.81. The Balaban J connectivity index is 1.04. The average Bonchev–Trinajstić information content (AvgIpc) is 3.71. The number of carboxylic acids is 1. The first-order chi connectivity index (χ1) is 27.9. The van der Waals surface area contributed by atoms with Gasteiger partial charge in [0, 0.05) is 24.2 Å². The zero-order chi connectivity index (χ0) is 43.7. The van der Waals surface area contributed by atoms with E-state index < -0.39 is 40.2 Å². The van der Waals surface area contributed by atoms with Gasteiger partial charge >= 0.3 is 11.9 Å². The van der Waals surface area contributed by atoms with E-state index in [-0.39, 0.29) is 69.2 Å². The molecule has 3 N–H and O–H groups in total. The first kappa shape index (κ1) is 42.6. The van der Waals surface area contributed by atoms with Crippen LogP contribution in [0.15, 0.2) is 35.8 Å². The monoisotopic (exact) mass is 826 g/mol. The summed E-state index contributed by atoms with van der Waals surface area (Å²) in [5.41, 5.74) is -0.461. The van der Waals surface area contributed by atoms with E-state index >= 15 is 0 Å². The number of fused-ring (bicyclic) bond motifs is 8. The minimum Gasteiger partial charge on any atom is -0.481 e. The number of carboxylic acid groups (broad SMARTS) is 1. The zero-order valence-electron chi connectivity index (χ0n) is 37.7. The van der Waals surface area contributed by atoms with Crippen molar-refractivity contribution in [3.05, 3.63) is 41.4 Å². The number of allylic oxidation sites excluding steroid dienone is 1. The maximum atomic E-state index is 14.5. The molecule has 12 heteroatoms. The summed E-state index contributed by atoms with van der Waals surface area (Å²) in [4.78, 5) is 72.1. The Morgan fingerprint density at radius 1 is 0.900 bits per heavy atom. The molecule has 1 unspecified atom stereocenters. The summed E-state index contributed by atoms with van der Waals surface area (Å²) >= 11 is 0. The number of amides is 2. The molecule has 60 heavy (non-hydrogen) atoms. The summed E-state index contributed by atoms with van der Waals surface area (Å²) in [6, 6.07) is 1.73. The van der Waals surface area contributed by atoms with Gasteiger partial charge in [0.1, 0.15) is 17.2 Å². The lowest BCUT2D eigenvalue weighted by atomic mass is 9.33. The Bertz CT molecular complexity index is 2200. The van der Waals surface area contributed by atoms with Gasteiger partial charge in [-0.15, -0.1) is 0 Å². The Kier molecular flexibility index (Phi) is 9.73. The number of hydrogen-bond donors (Lipinski definition) is 3. The van der Waals surface area contributed by atoms with Gasteiger partial charge in [-0.2, -0.15) is 5.10 Å². The molecular weight excluding hydrogens is 759 g/mol. The molecule has 5 saturated carbocycles. The Labute approximate surface area is 354 Å². The number of ether oxygens (including phenoxy) is 1. The van der Waals surface area contributed by atoms with Gasteiger partial charge in [-0.05, 0) is 134 Å². The van der Waals surface area contributed by atoms with Crippen molar-refractivity contribution in [2.24, 2.45) is 62.6 Å². The Morgan fingerprint density at radius 3 is 2.28 bits per heavy atom. The molecule has 10 atom stereocenters. The van der Waals surface area contributed by atoms with Crippen molar-refractivity contribution >= 4 is 35.2 Å². The van der Waals surface area contributed by atoms with E-state index in [0.717, 1.165) is 56.1 Å². The van der Waals surface area contributed by atoms with Gasteiger partial charge < -0.3 is 20.5 Å². The number of hydrogen-bond acceptors (Lipinski definition) is 8. The van der Waals surface area contributed by atoms with Crippen LogP contribution in [0.1, 0.15) is 151 Å². The third-order valence-electron chi connectivity index (χ3n) is 18.3. The molecule has 0 saturated heterocycles. The molecule has 6 aliphatic carbocycles. The van der Waals surface area contributed by atoms with Crippen molar-refractivity contribution in [2.75, 3.05) is 0 Å². The average molecular weight is 826 g/mol. The van der Waals surface area contributed by atoms with E-state index in [4.69, 9.17) is 4.74 Å². The number of nitrogens with zero attached hydrogens (tertiary/aromatic N) is 3. The van der Waals surface area contributed by atoms with E-state index in [2.05, 4.69) is 69.2 Å². The summed E-state index contributed by atoms with van der Waals surface area (Å²) in [6.45, 7) is 23.4. The second kappa shape index (κ2) is 13.7. The summed E-state index contributed by atoms with van der Waals surface area (Å²) in [7, 11) is 0. The maximum Gasteiger partial charge on any atom is 0.309 e. The van der Waals surface area contributed by atoms with Crippen LogP contribution in [0.4, 0.5) is 0 Å². The summed E-state index contributed by atoms with van der Waals surface area (Å²) < 4.78 is 7.94. The molecule has 0 radical (unpaired) electrons. The topological polar surface area (TPSA) is 169 Å². The maximum absolute atomic E-state index is 14.5. The van der Waals surface area contributed by atoms with Crippen LogP contribution in [0.2, 0.25) is 0 Å². The highest BCUT2D eigenvalue weighted by molar-refractivity contribution is 6.05. The van der Waals surface area contributed by atoms with Crippen LogP contribution in [0.5, 0.6) is 0 Å². The van der Waals surface area contributed by atoms with Gasteiger partial charge in [0.05, 0.1) is 23.6 Å². The minimum absolute atomic E-state index is 0.00237. The standard InChI is InChI=1S/C48H67N5O7/c1-26(2)35-31(54)24-48(52-41(59)44(7,8)51-38(55)27-25-50-53-22-12-21-49-37(27)53)20-19-46(10)28(36(35)48)13-14-33-45(9)17-16-34(43(5,6)32(45)15-18-47(33,46)11)60-40(58)30-23-29(39(56)57)42(30,3)4/h12,21-22,25-26,28-30,32-34H,13-20,23-24H2,1-11H3,(H,51,55)(H,52,59)(H,56,57)/t28-,29+,30?,32+,33-,34+,45+,46-,47-,48-/m1/s1. The zero-order valence-corrected chi connectivity index (χ0v) is 37.7. The number of rotatable bonds is 8. The molecule has 12 nitrogen and oxygen atoms in total. The van der Waals surface area contributed by atoms with Crippen molar-refractivity contribution in [1.82, 2.24) is 25.2 Å². The van der Waals surface area contributed by atoms with Crippen LogP contribution in [0.25, 0.3) is 5.65 Å². The molecule has 0 aromatic carbocycles. The normalized spacial score (nSPS) is 37.9. The van der Waals surface area contributed by atoms with Crippen LogP contribution in [-0.2, 0) is 23.9 Å². The third kappa shape index (κ3) is 5.90. The first-order valence-corrected chi connectivity index (χ1v) is 22.5. The van der Waals surface area contributed by atoms with Crippen LogP contribution in [-0.4, -0.2) is 66.4 Å². The van der Waals surface area contributed by atoms with Gasteiger partial charge in [0.15, 0.2) is 11.4 Å². The van der Waals surface area contributed by atoms with E-state index in [9.17, 15) is 29.1 Å². The molecule has 326 valence electrons. The van der Waals surface area contributed by atoms with Gasteiger partial charge in [-0.1, -0.05) is 62.3 Å². The quantitative estimate of drug-likeness (QED) is 0.226. The van der Waals surface area contributed by atoms with Crippen LogP contribution in [0.3, 0.4) is 0 Å². The Hall–Kier alpha value is -4.09. The van der Waals surface area contributed by atoms with E-state index in [1.165, 1.54) is 10.7 Å². The predicted octanol–water partition coefficient (Wildman–Crippen LogP) is 7.75. The smallest absolute Gasteiger partial charge is 0.309 e. The summed E-state index contributed by atoms with van der Waals surface area (Å²) in [5, 5.41) is 20.3. The van der Waals surface area contributed by atoms with E-state index in [0.29, 0.717) is 30.3 Å². The number of aliphatic carboxylic acids is 1. The van der Waals surface area contributed by atoms with Gasteiger partial charge in [-0.3, -0.25) is 24.0 Å². The fourth-order valence-corrected chi connectivity index (χ4v) is 14.7. The lowest BCUT2D eigenvalue weighted by Gasteiger charge is -2.72. The van der Waals surface area contributed by atoms with Crippen molar-refractivity contribution in [3.8, 4) is 0 Å². The van der Waals surface area contributed by atoms with Crippen molar-refractivity contribution in [1.29, 1.82) is 0 Å². The van der Waals surface area contributed by atoms with Gasteiger partial charge in [-0.25, -0.2) is 9.50 Å². The molecular formula is C48H67N5O7. The molecule has 8 rings (SSSR count). The van der Waals surface area contributed by atoms with Crippen molar-refractivity contribution in [2.45, 2.75) is 158 Å². The van der Waals surface area contributed by atoms with Crippen molar-refractivity contribution < 1.29 is 33.8 Å². The molecule has 2 aromatic rings. The molecule has 2 heterocycles. The number of Topliss-reactive ketones (excluding diaryl/α,β-unsaturated/α-hetero) is 1. The van der Waals surface area contributed by atoms with E-state index in [1.807, 2.05) is 13.8 Å². The number of carbonyl (C=O) groups excluding carboxylic acids is 4. The highest BCUT2D eigenvalue weighted by atomic mass is 16.5. The highest BCUT2D eigenvalue weighted by Crippen LogP contribution is 2.76. The van der Waals surface area contributed by atoms with Crippen LogP contribution in [0, 0.1) is 62.6 Å². The third-order valence-corrected chi connectivity index (χ3v) is 18.3. The molecule has 5 fully saturated rings. The number of ketones is 1. The lowest BCUT2D eigenvalue weighted by Crippen LogP contribution is -2.68. The SMILES string of the molecule is CC(C)C1=C2[C@H]3CC[C@@H]4[C@@]5(C)CC[C@H](OC(=O)C6C[C@@H](C(=O)O)C6(C)C)C(C)(C)[C@@H]5CC[C@@]4(C)[C@]3(C)CC[C@@]2(NC(=O)C(C)(C)NC(=O)c2cnn3cccnc23)CC1=O. The second-order valence-electron chi connectivity index (χ2n) is 22.5. The number of esters is 1. The highest BCUT2D eigenvalue weighted by Gasteiger charge is 2.71. The molecule has 2 amide bonds. The number of nitrogens with one attached hydrogen (secondary N) is 2. The second-order valence-corrected chi connectivity index (χ2v) is 22.5. The molecule has 6 aliphatic rings. The predicted molar refractivity (Wildman–Crippen MR) is 225 cm³/mol. The number of aromatic nitrogens is 3. The number of carbonyl (C=O) groups is 5. The molecule has 0 spiro atoms. The van der Waals surface area contributed by atoms with Crippen molar-refractivity contribution in [3.63, 3.8) is 0 Å².